The van der Waals surface area contributed by atoms with E-state index < -0.39 is 11.9 Å². The summed E-state index contributed by atoms with van der Waals surface area (Å²) in [5, 5.41) is 16.9. The highest BCUT2D eigenvalue weighted by Crippen LogP contribution is 2.26. The van der Waals surface area contributed by atoms with Gasteiger partial charge < -0.3 is 10.8 Å². The number of carbonyl (C=O) groups excluding carboxylic acids is 1. The van der Waals surface area contributed by atoms with E-state index in [4.69, 9.17) is 10.8 Å². The van der Waals surface area contributed by atoms with E-state index in [0.29, 0.717) is 5.03 Å². The van der Waals surface area contributed by atoms with Gasteiger partial charge in [-0.25, -0.2) is 4.79 Å². The molecule has 0 saturated heterocycles. The van der Waals surface area contributed by atoms with Gasteiger partial charge in [0, 0.05) is 4.90 Å². The van der Waals surface area contributed by atoms with Crippen LogP contribution < -0.4 is 5.73 Å². The van der Waals surface area contributed by atoms with Crippen molar-refractivity contribution < 1.29 is 14.7 Å². The average Bonchev–Trinajstić information content (AvgIpc) is 2.39. The first kappa shape index (κ1) is 13.0. The second kappa shape index (κ2) is 5.49. The second-order valence-corrected chi connectivity index (χ2v) is 4.65. The minimum atomic E-state index is -0.988. The van der Waals surface area contributed by atoms with E-state index >= 15 is 0 Å². The lowest BCUT2D eigenvalue weighted by atomic mass is 10.2. The zero-order valence-corrected chi connectivity index (χ0v) is 10.4. The van der Waals surface area contributed by atoms with E-state index in [9.17, 15) is 9.59 Å². The summed E-state index contributed by atoms with van der Waals surface area (Å²) in [6.45, 7) is 0. The molecule has 3 N–H and O–H groups in total. The molecule has 0 saturated carbocycles. The number of nitrogens with two attached hydrogens (primary N) is 1. The lowest BCUT2D eigenvalue weighted by Crippen LogP contribution is -2.13. The van der Waals surface area contributed by atoms with Crippen LogP contribution in [0, 0.1) is 0 Å². The number of aromatic carboxylic acids is 1. The van der Waals surface area contributed by atoms with Gasteiger partial charge in [-0.05, 0) is 30.3 Å². The summed E-state index contributed by atoms with van der Waals surface area (Å²) in [7, 11) is 0. The van der Waals surface area contributed by atoms with Crippen molar-refractivity contribution in [2.75, 3.05) is 0 Å². The molecule has 0 aliphatic rings. The highest BCUT2D eigenvalue weighted by Gasteiger charge is 2.07. The van der Waals surface area contributed by atoms with Crippen LogP contribution in [0.25, 0.3) is 0 Å². The maximum absolute atomic E-state index is 10.8. The molecule has 96 valence electrons. The predicted octanol–water partition coefficient (Wildman–Crippen LogP) is 1.42. The minimum Gasteiger partial charge on any atom is -0.478 e. The zero-order valence-electron chi connectivity index (χ0n) is 9.61. The van der Waals surface area contributed by atoms with Gasteiger partial charge in [-0.15, -0.1) is 10.2 Å². The van der Waals surface area contributed by atoms with Gasteiger partial charge >= 0.3 is 5.97 Å². The number of benzene rings is 1. The number of carboxylic acids is 1. The van der Waals surface area contributed by atoms with E-state index in [-0.39, 0.29) is 11.3 Å². The Morgan fingerprint density at radius 3 is 2.53 bits per heavy atom. The molecule has 6 nitrogen and oxygen atoms in total. The molecule has 0 radical (unpaired) electrons. The quantitative estimate of drug-likeness (QED) is 0.874. The Labute approximate surface area is 112 Å². The Balaban J connectivity index is 2.19. The molecule has 0 fully saturated rings. The van der Waals surface area contributed by atoms with Crippen molar-refractivity contribution in [2.24, 2.45) is 5.73 Å². The maximum Gasteiger partial charge on any atom is 0.335 e. The summed E-state index contributed by atoms with van der Waals surface area (Å²) in [6.07, 6.45) is 0. The second-order valence-electron chi connectivity index (χ2n) is 3.56. The van der Waals surface area contributed by atoms with Crippen molar-refractivity contribution in [3.05, 3.63) is 47.7 Å². The molecule has 1 amide bonds. The normalized spacial score (nSPS) is 10.1. The number of amides is 1. The fourth-order valence-corrected chi connectivity index (χ4v) is 2.11. The van der Waals surface area contributed by atoms with Crippen molar-refractivity contribution in [1.29, 1.82) is 0 Å². The lowest BCUT2D eigenvalue weighted by Gasteiger charge is -2.02. The topological polar surface area (TPSA) is 106 Å². The summed E-state index contributed by atoms with van der Waals surface area (Å²) >= 11 is 1.25. The van der Waals surface area contributed by atoms with E-state index in [2.05, 4.69) is 10.2 Å². The SMILES string of the molecule is NC(=O)c1ccc(Sc2cccc(C(=O)O)c2)nn1. The smallest absolute Gasteiger partial charge is 0.335 e. The first-order chi connectivity index (χ1) is 9.06. The van der Waals surface area contributed by atoms with Crippen molar-refractivity contribution >= 4 is 23.6 Å². The number of hydrogen-bond acceptors (Lipinski definition) is 5. The molecule has 0 spiro atoms. The van der Waals surface area contributed by atoms with Gasteiger partial charge in [0.2, 0.25) is 0 Å². The number of rotatable bonds is 4. The van der Waals surface area contributed by atoms with E-state index in [1.807, 2.05) is 0 Å². The molecule has 0 unspecified atom stereocenters. The Hall–Kier alpha value is -2.41. The van der Waals surface area contributed by atoms with Gasteiger partial charge in [0.1, 0.15) is 5.03 Å². The van der Waals surface area contributed by atoms with Crippen molar-refractivity contribution in [3.63, 3.8) is 0 Å². The Morgan fingerprint density at radius 1 is 1.16 bits per heavy atom. The van der Waals surface area contributed by atoms with Gasteiger partial charge in [0.25, 0.3) is 5.91 Å². The molecular formula is C12H9N3O3S. The highest BCUT2D eigenvalue weighted by molar-refractivity contribution is 7.99. The Morgan fingerprint density at radius 2 is 1.95 bits per heavy atom. The third kappa shape index (κ3) is 3.29. The summed E-state index contributed by atoms with van der Waals surface area (Å²) in [5.74, 6) is -1.63. The number of nitrogens with zero attached hydrogens (tertiary/aromatic N) is 2. The highest BCUT2D eigenvalue weighted by atomic mass is 32.2. The molecule has 7 heteroatoms. The summed E-state index contributed by atoms with van der Waals surface area (Å²) < 4.78 is 0. The van der Waals surface area contributed by atoms with Gasteiger partial charge in [-0.3, -0.25) is 4.79 Å². The minimum absolute atomic E-state index is 0.0867. The van der Waals surface area contributed by atoms with Crippen LogP contribution in [0.5, 0.6) is 0 Å². The first-order valence-electron chi connectivity index (χ1n) is 5.21. The van der Waals surface area contributed by atoms with Crippen LogP contribution in [0.2, 0.25) is 0 Å². The fourth-order valence-electron chi connectivity index (χ4n) is 1.32. The molecule has 0 aliphatic heterocycles. The van der Waals surface area contributed by atoms with Gasteiger partial charge in [0.05, 0.1) is 5.56 Å². The van der Waals surface area contributed by atoms with Crippen LogP contribution in [0.4, 0.5) is 0 Å². The predicted molar refractivity (Wildman–Crippen MR) is 68.1 cm³/mol. The number of carbonyl (C=O) groups is 2. The number of aromatic nitrogens is 2. The Bertz CT molecular complexity index is 628. The van der Waals surface area contributed by atoms with E-state index in [0.717, 1.165) is 4.90 Å². The molecule has 1 aromatic carbocycles. The molecule has 19 heavy (non-hydrogen) atoms. The molecule has 0 atom stereocenters. The van der Waals surface area contributed by atoms with Crippen molar-refractivity contribution in [1.82, 2.24) is 10.2 Å². The molecule has 2 aromatic rings. The summed E-state index contributed by atoms with van der Waals surface area (Å²) in [6, 6.07) is 9.53. The van der Waals surface area contributed by atoms with Crippen LogP contribution in [0.3, 0.4) is 0 Å². The van der Waals surface area contributed by atoms with Gasteiger partial charge in [-0.2, -0.15) is 0 Å². The number of primary amides is 1. The monoisotopic (exact) mass is 275 g/mol. The lowest BCUT2D eigenvalue weighted by molar-refractivity contribution is 0.0696. The molecular weight excluding hydrogens is 266 g/mol. The fraction of sp³-hybridized carbons (Fsp3) is 0. The number of hydrogen-bond donors (Lipinski definition) is 2. The maximum atomic E-state index is 10.8. The van der Waals surface area contributed by atoms with Gasteiger partial charge in [0.15, 0.2) is 5.69 Å². The molecule has 1 heterocycles. The van der Waals surface area contributed by atoms with Crippen LogP contribution >= 0.6 is 11.8 Å². The third-order valence-electron chi connectivity index (χ3n) is 2.20. The van der Waals surface area contributed by atoms with Crippen LogP contribution in [-0.2, 0) is 0 Å². The van der Waals surface area contributed by atoms with Crippen LogP contribution in [-0.4, -0.2) is 27.2 Å². The molecule has 0 aliphatic carbocycles. The van der Waals surface area contributed by atoms with Crippen LogP contribution in [0.1, 0.15) is 20.8 Å². The first-order valence-corrected chi connectivity index (χ1v) is 6.02. The largest absolute Gasteiger partial charge is 0.478 e. The standard InChI is InChI=1S/C12H9N3O3S/c13-11(16)9-4-5-10(15-14-9)19-8-3-1-2-7(6-8)12(17)18/h1-6H,(H2,13,16)(H,17,18). The molecule has 0 bridgehead atoms. The third-order valence-corrected chi connectivity index (χ3v) is 3.11. The average molecular weight is 275 g/mol. The zero-order chi connectivity index (χ0) is 13.8. The van der Waals surface area contributed by atoms with Crippen LogP contribution in [0.15, 0.2) is 46.3 Å². The molecule has 2 rings (SSSR count). The van der Waals surface area contributed by atoms with Gasteiger partial charge in [-0.1, -0.05) is 17.8 Å². The van der Waals surface area contributed by atoms with Crippen molar-refractivity contribution in [3.8, 4) is 0 Å². The summed E-state index contributed by atoms with van der Waals surface area (Å²) in [5.41, 5.74) is 5.34. The van der Waals surface area contributed by atoms with E-state index in [1.54, 1.807) is 18.2 Å². The summed E-state index contributed by atoms with van der Waals surface area (Å²) in [4.78, 5) is 22.4. The van der Waals surface area contributed by atoms with E-state index in [1.165, 1.54) is 30.0 Å². The Kier molecular flexibility index (Phi) is 3.76. The van der Waals surface area contributed by atoms with Crippen molar-refractivity contribution in [2.45, 2.75) is 9.92 Å². The number of carboxylic acid groups (broad SMARTS) is 1. The molecule has 1 aromatic heterocycles.